The normalized spacial score (nSPS) is 23.0. The number of hydrogen-bond donors (Lipinski definition) is 0. The molecular formula is C17H26BrNO2. The molecule has 1 amide bonds. The second-order valence-corrected chi connectivity index (χ2v) is 8.85. The van der Waals surface area contributed by atoms with E-state index in [0.29, 0.717) is 11.3 Å². The van der Waals surface area contributed by atoms with Crippen LogP contribution in [0.25, 0.3) is 0 Å². The van der Waals surface area contributed by atoms with Gasteiger partial charge >= 0.3 is 6.09 Å². The van der Waals surface area contributed by atoms with Crippen molar-refractivity contribution >= 4 is 22.0 Å². The average molecular weight is 356 g/mol. The Balaban J connectivity index is 1.78. The number of nitrogens with zero attached hydrogens (tertiary/aromatic N) is 1. The van der Waals surface area contributed by atoms with E-state index < -0.39 is 5.60 Å². The third-order valence-corrected chi connectivity index (χ3v) is 4.55. The maximum atomic E-state index is 12.0. The molecule has 0 bridgehead atoms. The number of halogens is 1. The summed E-state index contributed by atoms with van der Waals surface area (Å²) < 4.78 is 5.44. The van der Waals surface area contributed by atoms with Crippen molar-refractivity contribution in [1.82, 2.24) is 4.90 Å². The summed E-state index contributed by atoms with van der Waals surface area (Å²) in [4.78, 5) is 14.2. The van der Waals surface area contributed by atoms with Crippen molar-refractivity contribution in [3.63, 3.8) is 0 Å². The highest BCUT2D eigenvalue weighted by Crippen LogP contribution is 2.52. The quantitative estimate of drug-likeness (QED) is 0.481. The Labute approximate surface area is 136 Å². The number of carbonyl (C=O) groups is 1. The molecule has 1 saturated heterocycles. The molecule has 1 spiro atoms. The van der Waals surface area contributed by atoms with Gasteiger partial charge in [-0.25, -0.2) is 4.79 Å². The third-order valence-electron chi connectivity index (χ3n) is 4.32. The molecule has 2 fully saturated rings. The summed E-state index contributed by atoms with van der Waals surface area (Å²) in [5.74, 6) is 7.11. The van der Waals surface area contributed by atoms with Crippen molar-refractivity contribution in [3.8, 4) is 11.8 Å². The Morgan fingerprint density at radius 1 is 1.33 bits per heavy atom. The molecule has 3 nitrogen and oxygen atoms in total. The van der Waals surface area contributed by atoms with Crippen molar-refractivity contribution in [2.24, 2.45) is 11.3 Å². The Morgan fingerprint density at radius 3 is 2.38 bits per heavy atom. The van der Waals surface area contributed by atoms with Crippen LogP contribution >= 0.6 is 15.9 Å². The van der Waals surface area contributed by atoms with E-state index in [0.717, 1.165) is 25.9 Å². The second kappa shape index (κ2) is 6.20. The van der Waals surface area contributed by atoms with E-state index in [-0.39, 0.29) is 10.9 Å². The first-order valence-corrected chi connectivity index (χ1v) is 8.74. The average Bonchev–Trinajstić information content (AvgIpc) is 2.32. The minimum Gasteiger partial charge on any atom is -0.444 e. The van der Waals surface area contributed by atoms with Crippen LogP contribution in [0.1, 0.15) is 53.4 Å². The van der Waals surface area contributed by atoms with Gasteiger partial charge in [-0.3, -0.25) is 0 Å². The van der Waals surface area contributed by atoms with Crippen molar-refractivity contribution < 1.29 is 9.53 Å². The van der Waals surface area contributed by atoms with Gasteiger partial charge in [-0.2, -0.15) is 0 Å². The molecule has 1 saturated carbocycles. The van der Waals surface area contributed by atoms with Gasteiger partial charge in [-0.1, -0.05) is 27.8 Å². The molecule has 1 atom stereocenters. The van der Waals surface area contributed by atoms with Crippen molar-refractivity contribution in [3.05, 3.63) is 0 Å². The van der Waals surface area contributed by atoms with Gasteiger partial charge in [0.1, 0.15) is 5.60 Å². The van der Waals surface area contributed by atoms with E-state index in [1.807, 2.05) is 25.7 Å². The molecule has 118 valence electrons. The molecule has 0 aromatic rings. The fourth-order valence-electron chi connectivity index (χ4n) is 3.22. The highest BCUT2D eigenvalue weighted by atomic mass is 79.9. The summed E-state index contributed by atoms with van der Waals surface area (Å²) in [5.41, 5.74) is 0.0309. The molecular weight excluding hydrogens is 330 g/mol. The fourth-order valence-corrected chi connectivity index (χ4v) is 3.35. The van der Waals surface area contributed by atoms with Gasteiger partial charge < -0.3 is 9.64 Å². The maximum Gasteiger partial charge on any atom is 0.410 e. The zero-order valence-electron chi connectivity index (χ0n) is 13.5. The van der Waals surface area contributed by atoms with Crippen molar-refractivity contribution in [2.45, 2.75) is 63.8 Å². The van der Waals surface area contributed by atoms with Crippen LogP contribution in [0.2, 0.25) is 0 Å². The van der Waals surface area contributed by atoms with Crippen molar-refractivity contribution in [2.75, 3.05) is 13.1 Å². The monoisotopic (exact) mass is 355 g/mol. The molecule has 0 N–H and O–H groups in total. The van der Waals surface area contributed by atoms with Gasteiger partial charge in [0, 0.05) is 19.0 Å². The number of carbonyl (C=O) groups excluding carboxylic acids is 1. The number of piperidine rings is 1. The Morgan fingerprint density at radius 2 is 1.90 bits per heavy atom. The van der Waals surface area contributed by atoms with Gasteiger partial charge in [0.05, 0.1) is 4.83 Å². The van der Waals surface area contributed by atoms with Gasteiger partial charge in [0.15, 0.2) is 0 Å². The first-order chi connectivity index (χ1) is 9.69. The molecule has 0 aromatic heterocycles. The van der Waals surface area contributed by atoms with Crippen LogP contribution in [0, 0.1) is 23.2 Å². The van der Waals surface area contributed by atoms with Crippen LogP contribution in [0.3, 0.4) is 0 Å². The number of hydrogen-bond acceptors (Lipinski definition) is 2. The SMILES string of the molecule is CC(Br)C#CC1CC2(CCN(C(=O)OC(C)(C)C)CC2)C1. The lowest BCUT2D eigenvalue weighted by molar-refractivity contribution is -0.0157. The Hall–Kier alpha value is -0.690. The minimum atomic E-state index is -0.407. The van der Waals surface area contributed by atoms with Gasteiger partial charge in [-0.05, 0) is 58.8 Å². The molecule has 2 aliphatic rings. The predicted octanol–water partition coefficient (Wildman–Crippen LogP) is 4.20. The lowest BCUT2D eigenvalue weighted by Gasteiger charge is -2.50. The maximum absolute atomic E-state index is 12.0. The zero-order chi connectivity index (χ0) is 15.7. The first-order valence-electron chi connectivity index (χ1n) is 7.82. The van der Waals surface area contributed by atoms with Gasteiger partial charge in [0.25, 0.3) is 0 Å². The van der Waals surface area contributed by atoms with E-state index in [1.54, 1.807) is 0 Å². The summed E-state index contributed by atoms with van der Waals surface area (Å²) in [7, 11) is 0. The van der Waals surface area contributed by atoms with Crippen LogP contribution in [-0.4, -0.2) is 34.5 Å². The van der Waals surface area contributed by atoms with E-state index in [1.165, 1.54) is 12.8 Å². The van der Waals surface area contributed by atoms with Crippen LogP contribution < -0.4 is 0 Å². The summed E-state index contributed by atoms with van der Waals surface area (Å²) >= 11 is 3.46. The number of ether oxygens (including phenoxy) is 1. The number of likely N-dealkylation sites (tertiary alicyclic amines) is 1. The van der Waals surface area contributed by atoms with Gasteiger partial charge in [0.2, 0.25) is 0 Å². The Bertz CT molecular complexity index is 440. The molecule has 21 heavy (non-hydrogen) atoms. The molecule has 0 radical (unpaired) electrons. The largest absolute Gasteiger partial charge is 0.444 e. The van der Waals surface area contributed by atoms with Gasteiger partial charge in [-0.15, -0.1) is 0 Å². The molecule has 1 heterocycles. The topological polar surface area (TPSA) is 29.5 Å². The smallest absolute Gasteiger partial charge is 0.410 e. The highest BCUT2D eigenvalue weighted by molar-refractivity contribution is 9.09. The lowest BCUT2D eigenvalue weighted by Crippen LogP contribution is -2.49. The molecule has 1 aliphatic heterocycles. The van der Waals surface area contributed by atoms with Crippen LogP contribution in [0.5, 0.6) is 0 Å². The summed E-state index contributed by atoms with van der Waals surface area (Å²) in [6.45, 7) is 9.44. The van der Waals surface area contributed by atoms with E-state index >= 15 is 0 Å². The fraction of sp³-hybridized carbons (Fsp3) is 0.824. The molecule has 4 heteroatoms. The second-order valence-electron chi connectivity index (χ2n) is 7.48. The predicted molar refractivity (Wildman–Crippen MR) is 88.4 cm³/mol. The molecule has 1 unspecified atom stereocenters. The standard InChI is InChI=1S/C17H26BrNO2/c1-13(18)5-6-14-11-17(12-14)7-9-19(10-8-17)15(20)21-16(2,3)4/h13-14H,7-12H2,1-4H3. The van der Waals surface area contributed by atoms with Crippen molar-refractivity contribution in [1.29, 1.82) is 0 Å². The number of alkyl halides is 1. The van der Waals surface area contributed by atoms with Crippen LogP contribution in [0.15, 0.2) is 0 Å². The van der Waals surface area contributed by atoms with E-state index in [4.69, 9.17) is 4.74 Å². The Kier molecular flexibility index (Phi) is 4.92. The highest BCUT2D eigenvalue weighted by Gasteiger charge is 2.46. The molecule has 1 aliphatic carbocycles. The lowest BCUT2D eigenvalue weighted by atomic mass is 9.58. The summed E-state index contributed by atoms with van der Waals surface area (Å²) in [6.07, 6.45) is 4.41. The van der Waals surface area contributed by atoms with E-state index in [9.17, 15) is 4.79 Å². The zero-order valence-corrected chi connectivity index (χ0v) is 15.1. The number of rotatable bonds is 0. The number of amides is 1. The van der Waals surface area contributed by atoms with Crippen LogP contribution in [-0.2, 0) is 4.74 Å². The minimum absolute atomic E-state index is 0.166. The third kappa shape index (κ3) is 4.64. The van der Waals surface area contributed by atoms with Crippen LogP contribution in [0.4, 0.5) is 4.79 Å². The molecule has 0 aromatic carbocycles. The summed E-state index contributed by atoms with van der Waals surface area (Å²) in [5, 5.41) is 0. The first kappa shape index (κ1) is 16.7. The van der Waals surface area contributed by atoms with E-state index in [2.05, 4.69) is 34.7 Å². The molecule has 2 rings (SSSR count). The summed E-state index contributed by atoms with van der Waals surface area (Å²) in [6, 6.07) is 0.